The molecule has 0 amide bonds. The number of pyridine rings is 2. The molecule has 121 heavy (non-hydrogen) atoms. The molecule has 0 saturated carbocycles. The van der Waals surface area contributed by atoms with E-state index < -0.39 is 48.7 Å². The molecule has 14 aromatic carbocycles. The molecule has 0 aliphatic heterocycles. The van der Waals surface area contributed by atoms with Crippen molar-refractivity contribution in [2.45, 2.75) is 0 Å². The minimum Gasteiger partial charge on any atom is -0.423 e. The molecule has 18 aromatic rings. The van der Waals surface area contributed by atoms with Crippen LogP contribution in [0.2, 0.25) is 0 Å². The van der Waals surface area contributed by atoms with Crippen LogP contribution in [0, 0.1) is 20.2 Å². The fourth-order valence-corrected chi connectivity index (χ4v) is 22.5. The van der Waals surface area contributed by atoms with E-state index in [2.05, 4.69) is 400 Å². The predicted octanol–water partition coefficient (Wildman–Crippen LogP) is 15.9. The molecule has 0 spiro atoms. The molecule has 4 N–H and O–H groups in total. The number of fused-ring (bicyclic) bond motifs is 2. The molecule has 0 atom stereocenters. The first-order valence-corrected chi connectivity index (χ1v) is 44.2. The molecule has 0 unspecified atom stereocenters. The predicted molar refractivity (Wildman–Crippen MR) is 506 cm³/mol. The zero-order chi connectivity index (χ0) is 83.8. The van der Waals surface area contributed by atoms with E-state index >= 15 is 0 Å². The van der Waals surface area contributed by atoms with Gasteiger partial charge in [0.2, 0.25) is 11.1 Å². The molecule has 0 bridgehead atoms. The van der Waals surface area contributed by atoms with Crippen molar-refractivity contribution >= 4 is 157 Å². The van der Waals surface area contributed by atoms with Gasteiger partial charge in [0.1, 0.15) is 10.3 Å². The smallest absolute Gasteiger partial charge is 0.423 e. The number of halogens is 1. The third-order valence-electron chi connectivity index (χ3n) is 18.4. The second-order valence-corrected chi connectivity index (χ2v) is 36.1. The Labute approximate surface area is 729 Å². The van der Waals surface area contributed by atoms with Crippen molar-refractivity contribution in [1.82, 2.24) is 29.5 Å². The Balaban J connectivity index is 0.000000139. The molecule has 0 saturated heterocycles. The minimum absolute atomic E-state index is 0. The number of aromatic amines is 2. The molecule has 4 heterocycles. The Hall–Kier alpha value is -12.4. The first-order chi connectivity index (χ1) is 58.6. The van der Waals surface area contributed by atoms with Crippen molar-refractivity contribution < 1.29 is 40.3 Å². The number of benzene rings is 14. The third-order valence-corrected chi connectivity index (χ3v) is 28.7. The Morgan fingerprint density at radius 1 is 0.322 bits per heavy atom. The van der Waals surface area contributed by atoms with Gasteiger partial charge in [0, 0.05) is 99.6 Å². The SMILES string of the molecule is Cn1nc(-c2ccc(=O)[nH]c2)c2cc([N+](=O)[O-])ccc21.Cn1nc(Br)c2cc([N+](=O)[O-])ccc21.O=c1ccc(B(O)O)c[nH]1.[Pd].c1ccc(P(c2ccccc2)c2ccccc2)cc1.c1ccc(P(c2ccccc2)c2ccccc2)cc1.c1ccc(P(c2ccccc2)c2ccccc2)cc1.c1ccc(P(c2ccccc2)c2ccccc2)cc1. The first kappa shape index (κ1) is 89.4. The Kier molecular flexibility index (Phi) is 34.1. The number of nitro benzene ring substituents is 2. The maximum atomic E-state index is 11.1. The van der Waals surface area contributed by atoms with E-state index in [9.17, 15) is 29.8 Å². The van der Waals surface area contributed by atoms with Gasteiger partial charge in [-0.3, -0.25) is 39.2 Å². The van der Waals surface area contributed by atoms with E-state index in [1.54, 1.807) is 47.9 Å². The summed E-state index contributed by atoms with van der Waals surface area (Å²) in [6.07, 6.45) is 2.80. The van der Waals surface area contributed by atoms with Gasteiger partial charge in [0.15, 0.2) is 0 Å². The maximum Gasteiger partial charge on any atom is 0.489 e. The van der Waals surface area contributed by atoms with Gasteiger partial charge in [-0.1, -0.05) is 370 Å². The molecule has 18 rings (SSSR count). The summed E-state index contributed by atoms with van der Waals surface area (Å²) in [5.74, 6) is 0. The summed E-state index contributed by atoms with van der Waals surface area (Å²) < 4.78 is 3.95. The molecule has 0 aliphatic rings. The van der Waals surface area contributed by atoms with E-state index in [-0.39, 0.29) is 48.4 Å². The van der Waals surface area contributed by atoms with Crippen LogP contribution in [0.3, 0.4) is 0 Å². The number of aryl methyl sites for hydroxylation is 2. The number of nitrogens with one attached hydrogen (secondary N) is 2. The van der Waals surface area contributed by atoms with Crippen LogP contribution in [0.25, 0.3) is 33.1 Å². The van der Waals surface area contributed by atoms with Crippen LogP contribution in [0.1, 0.15) is 0 Å². The second kappa shape index (κ2) is 46.2. The number of H-pyrrole nitrogens is 2. The molecule has 23 heteroatoms. The molecule has 0 radical (unpaired) electrons. The summed E-state index contributed by atoms with van der Waals surface area (Å²) in [5, 5.41) is 65.2. The van der Waals surface area contributed by atoms with Gasteiger partial charge in [-0.25, -0.2) is 0 Å². The molecule has 16 nitrogen and oxygen atoms in total. The summed E-state index contributed by atoms with van der Waals surface area (Å²) in [5.41, 5.74) is 2.85. The average Bonchev–Trinajstić information content (AvgIpc) is 1.64. The van der Waals surface area contributed by atoms with Gasteiger partial charge in [-0.05, 0) is 135 Å². The van der Waals surface area contributed by atoms with Crippen molar-refractivity contribution in [3.8, 4) is 11.3 Å². The van der Waals surface area contributed by atoms with Gasteiger partial charge in [0.05, 0.1) is 20.9 Å². The van der Waals surface area contributed by atoms with E-state index in [4.69, 9.17) is 10.0 Å². The fourth-order valence-electron chi connectivity index (χ4n) is 12.8. The average molecular weight is 1820 g/mol. The summed E-state index contributed by atoms with van der Waals surface area (Å²) in [7, 11) is 0.257. The number of hydrogen-bond acceptors (Lipinski definition) is 10. The van der Waals surface area contributed by atoms with E-state index in [1.165, 1.54) is 112 Å². The molecule has 0 fully saturated rings. The standard InChI is InChI=1S/4C18H15P.C13H10N4O3.C8H6BrN3O2.C5H6BNO3.Pd/c4*1-4-10-16(11-5-1)19(17-12-6-2-7-13-17)18-14-8-3-9-15-18;1-16-11-4-3-9(17(19)20)6-10(11)13(15-16)8-2-5-12(18)14-7-8;1-11-7-3-2-5(12(13)14)4-6(7)8(9)10-11;8-5-2-1-4(3-7-5)6(9)10;/h4*1-15H;2-7H,1H3,(H,14,18);2-4H,1H3;1-3,9-10H,(H,7,8);. The minimum atomic E-state index is -1.52. The maximum absolute atomic E-state index is 11.1. The Bertz CT molecular complexity index is 5440. The summed E-state index contributed by atoms with van der Waals surface area (Å²) in [6, 6.07) is 144. The van der Waals surface area contributed by atoms with Crippen molar-refractivity contribution in [1.29, 1.82) is 0 Å². The first-order valence-electron chi connectivity index (χ1n) is 38.1. The molecular formula is C98H82BBrN8O8P4Pd. The van der Waals surface area contributed by atoms with Gasteiger partial charge in [0.25, 0.3) is 11.4 Å². The Morgan fingerprint density at radius 3 is 0.777 bits per heavy atom. The summed E-state index contributed by atoms with van der Waals surface area (Å²) in [6.45, 7) is 0. The van der Waals surface area contributed by atoms with Crippen LogP contribution < -0.4 is 80.2 Å². The largest absolute Gasteiger partial charge is 0.489 e. The number of hydrogen-bond donors (Lipinski definition) is 4. The molecule has 602 valence electrons. The zero-order valence-corrected chi connectivity index (χ0v) is 72.4. The van der Waals surface area contributed by atoms with Crippen molar-refractivity contribution in [3.05, 3.63) is 483 Å². The van der Waals surface area contributed by atoms with Crippen molar-refractivity contribution in [2.75, 3.05) is 0 Å². The summed E-state index contributed by atoms with van der Waals surface area (Å²) in [4.78, 5) is 46.9. The van der Waals surface area contributed by atoms with Gasteiger partial charge < -0.3 is 20.0 Å². The molecular weight excluding hydrogens is 1740 g/mol. The van der Waals surface area contributed by atoms with E-state index in [0.29, 0.717) is 21.2 Å². The normalized spacial score (nSPS) is 10.5. The second-order valence-electron chi connectivity index (χ2n) is 26.5. The van der Waals surface area contributed by atoms with Crippen LogP contribution in [0.15, 0.2) is 451 Å². The van der Waals surface area contributed by atoms with Crippen LogP contribution in [-0.4, -0.2) is 56.5 Å². The fraction of sp³-hybridized carbons (Fsp3) is 0.0204. The topological polar surface area (TPSA) is 228 Å². The van der Waals surface area contributed by atoms with Crippen LogP contribution in [0.4, 0.5) is 11.4 Å². The summed E-state index contributed by atoms with van der Waals surface area (Å²) >= 11 is 3.25. The van der Waals surface area contributed by atoms with Gasteiger partial charge >= 0.3 is 7.12 Å². The van der Waals surface area contributed by atoms with Crippen LogP contribution >= 0.6 is 47.6 Å². The zero-order valence-electron chi connectivity index (χ0n) is 65.7. The number of nitro groups is 2. The quantitative estimate of drug-likeness (QED) is 0.0309. The Morgan fingerprint density at radius 2 is 0.554 bits per heavy atom. The van der Waals surface area contributed by atoms with E-state index in [1.807, 2.05) is 0 Å². The third kappa shape index (κ3) is 25.3. The van der Waals surface area contributed by atoms with Crippen LogP contribution in [0.5, 0.6) is 0 Å². The molecule has 0 aliphatic carbocycles. The van der Waals surface area contributed by atoms with Gasteiger partial charge in [-0.2, -0.15) is 10.2 Å². The van der Waals surface area contributed by atoms with Crippen molar-refractivity contribution in [2.24, 2.45) is 14.1 Å². The van der Waals surface area contributed by atoms with Crippen molar-refractivity contribution in [3.63, 3.8) is 0 Å². The monoisotopic (exact) mass is 1820 g/mol. The van der Waals surface area contributed by atoms with Gasteiger partial charge in [-0.15, -0.1) is 0 Å². The number of aromatic nitrogens is 6. The number of nitrogens with zero attached hydrogens (tertiary/aromatic N) is 6. The van der Waals surface area contributed by atoms with E-state index in [0.717, 1.165) is 16.4 Å². The molecule has 4 aromatic heterocycles. The number of rotatable bonds is 16. The van der Waals surface area contributed by atoms with Crippen LogP contribution in [-0.2, 0) is 34.5 Å². The number of non-ortho nitro benzene ring substituents is 2.